The van der Waals surface area contributed by atoms with Gasteiger partial charge in [-0.1, -0.05) is 18.9 Å². The molecule has 1 saturated carbocycles. The molecule has 154 valence electrons. The number of nitrogens with zero attached hydrogens (tertiary/aromatic N) is 2. The van der Waals surface area contributed by atoms with Gasteiger partial charge in [-0.15, -0.1) is 0 Å². The van der Waals surface area contributed by atoms with Crippen molar-refractivity contribution in [1.29, 1.82) is 0 Å². The van der Waals surface area contributed by atoms with Crippen molar-refractivity contribution < 1.29 is 14.6 Å². The number of carbonyl (C=O) groups is 1. The Labute approximate surface area is 168 Å². The first-order valence-corrected chi connectivity index (χ1v) is 11.1. The highest BCUT2D eigenvalue weighted by Crippen LogP contribution is 2.28. The fourth-order valence-electron chi connectivity index (χ4n) is 5.10. The van der Waals surface area contributed by atoms with E-state index in [9.17, 15) is 9.90 Å². The second kappa shape index (κ2) is 9.27. The van der Waals surface area contributed by atoms with Crippen LogP contribution in [0.1, 0.15) is 61.7 Å². The number of rotatable bonds is 5. The lowest BCUT2D eigenvalue weighted by Gasteiger charge is -2.36. The molecule has 1 aromatic carbocycles. The van der Waals surface area contributed by atoms with Crippen LogP contribution in [0.2, 0.25) is 0 Å². The third-order valence-electron chi connectivity index (χ3n) is 6.77. The van der Waals surface area contributed by atoms with Crippen LogP contribution >= 0.6 is 0 Å². The van der Waals surface area contributed by atoms with Gasteiger partial charge in [0.25, 0.3) is 5.91 Å². The molecule has 3 fully saturated rings. The van der Waals surface area contributed by atoms with E-state index in [1.807, 2.05) is 29.2 Å². The molecule has 1 aliphatic carbocycles. The smallest absolute Gasteiger partial charge is 0.253 e. The molecule has 0 bridgehead atoms. The van der Waals surface area contributed by atoms with Crippen LogP contribution in [0, 0.1) is 5.92 Å². The first kappa shape index (κ1) is 19.7. The van der Waals surface area contributed by atoms with E-state index in [0.717, 1.165) is 57.1 Å². The molecule has 2 aliphatic heterocycles. The van der Waals surface area contributed by atoms with Gasteiger partial charge < -0.3 is 19.6 Å². The van der Waals surface area contributed by atoms with Gasteiger partial charge in [0.05, 0.1) is 0 Å². The summed E-state index contributed by atoms with van der Waals surface area (Å²) < 4.78 is 6.25. The fourth-order valence-corrected chi connectivity index (χ4v) is 5.10. The Bertz CT molecular complexity index is 651. The minimum Gasteiger partial charge on any atom is -0.490 e. The Hall–Kier alpha value is -1.59. The van der Waals surface area contributed by atoms with Gasteiger partial charge in [-0.05, 0) is 62.6 Å². The van der Waals surface area contributed by atoms with Crippen molar-refractivity contribution in [2.24, 2.45) is 5.92 Å². The predicted octanol–water partition coefficient (Wildman–Crippen LogP) is 3.32. The molecular formula is C23H34N2O3. The van der Waals surface area contributed by atoms with Gasteiger partial charge in [0.15, 0.2) is 0 Å². The lowest BCUT2D eigenvalue weighted by atomic mass is 9.98. The molecule has 2 saturated heterocycles. The van der Waals surface area contributed by atoms with E-state index < -0.39 is 0 Å². The van der Waals surface area contributed by atoms with Gasteiger partial charge >= 0.3 is 0 Å². The molecule has 0 radical (unpaired) electrons. The zero-order chi connectivity index (χ0) is 19.3. The van der Waals surface area contributed by atoms with Gasteiger partial charge in [-0.3, -0.25) is 4.79 Å². The number of hydrogen-bond donors (Lipinski definition) is 1. The van der Waals surface area contributed by atoms with Crippen LogP contribution in [0.5, 0.6) is 5.75 Å². The molecule has 1 atom stereocenters. The SMILES string of the molecule is O=C(c1cccc(OC2CCN(C3CCCC3)CC2)c1)N1CCCC(CO)C1. The van der Waals surface area contributed by atoms with E-state index in [1.54, 1.807) is 0 Å². The Morgan fingerprint density at radius 2 is 1.82 bits per heavy atom. The Morgan fingerprint density at radius 3 is 2.57 bits per heavy atom. The van der Waals surface area contributed by atoms with Crippen LogP contribution in [0.3, 0.4) is 0 Å². The first-order chi connectivity index (χ1) is 13.7. The van der Waals surface area contributed by atoms with Gasteiger partial charge in [0, 0.05) is 44.4 Å². The van der Waals surface area contributed by atoms with Crippen molar-refractivity contribution in [3.8, 4) is 5.75 Å². The normalized spacial score (nSPS) is 25.2. The number of aliphatic hydroxyl groups is 1. The largest absolute Gasteiger partial charge is 0.490 e. The summed E-state index contributed by atoms with van der Waals surface area (Å²) in [4.78, 5) is 17.4. The molecule has 3 aliphatic rings. The van der Waals surface area contributed by atoms with Crippen LogP contribution in [0.15, 0.2) is 24.3 Å². The second-order valence-corrected chi connectivity index (χ2v) is 8.76. The zero-order valence-corrected chi connectivity index (χ0v) is 16.9. The molecular weight excluding hydrogens is 352 g/mol. The van der Waals surface area contributed by atoms with Crippen LogP contribution in [0.25, 0.3) is 0 Å². The minimum absolute atomic E-state index is 0.0552. The maximum atomic E-state index is 12.9. The monoisotopic (exact) mass is 386 g/mol. The molecule has 1 aromatic rings. The summed E-state index contributed by atoms with van der Waals surface area (Å²) in [5.74, 6) is 1.07. The van der Waals surface area contributed by atoms with E-state index in [-0.39, 0.29) is 24.5 Å². The Morgan fingerprint density at radius 1 is 1.04 bits per heavy atom. The third kappa shape index (κ3) is 4.69. The molecule has 1 N–H and O–H groups in total. The standard InChI is InChI=1S/C23H34N2O3/c26-17-18-5-4-12-25(16-18)23(27)19-6-3-9-22(15-19)28-21-10-13-24(14-11-21)20-7-1-2-8-20/h3,6,9,15,18,20-21,26H,1-2,4-5,7-8,10-14,16-17H2. The molecule has 5 nitrogen and oxygen atoms in total. The third-order valence-corrected chi connectivity index (χ3v) is 6.77. The van der Waals surface area contributed by atoms with Crippen LogP contribution in [-0.4, -0.2) is 65.7 Å². The average molecular weight is 387 g/mol. The maximum Gasteiger partial charge on any atom is 0.253 e. The van der Waals surface area contributed by atoms with Crippen molar-refractivity contribution >= 4 is 5.91 Å². The molecule has 0 aromatic heterocycles. The summed E-state index contributed by atoms with van der Waals surface area (Å²) in [6.45, 7) is 3.85. The Balaban J connectivity index is 1.32. The number of piperidine rings is 2. The van der Waals surface area contributed by atoms with Crippen LogP contribution in [0.4, 0.5) is 0 Å². The zero-order valence-electron chi connectivity index (χ0n) is 16.9. The first-order valence-electron chi connectivity index (χ1n) is 11.1. The fraction of sp³-hybridized carbons (Fsp3) is 0.696. The Kier molecular flexibility index (Phi) is 6.53. The average Bonchev–Trinajstić information content (AvgIpc) is 3.29. The molecule has 1 unspecified atom stereocenters. The van der Waals surface area contributed by atoms with Crippen molar-refractivity contribution in [3.05, 3.63) is 29.8 Å². The number of amides is 1. The van der Waals surface area contributed by atoms with Gasteiger partial charge in [-0.2, -0.15) is 0 Å². The van der Waals surface area contributed by atoms with Gasteiger partial charge in [0.2, 0.25) is 0 Å². The van der Waals surface area contributed by atoms with Gasteiger partial charge in [-0.25, -0.2) is 0 Å². The summed E-state index contributed by atoms with van der Waals surface area (Å²) in [6, 6.07) is 8.46. The predicted molar refractivity (Wildman–Crippen MR) is 110 cm³/mol. The van der Waals surface area contributed by atoms with E-state index in [4.69, 9.17) is 4.74 Å². The summed E-state index contributed by atoms with van der Waals surface area (Å²) >= 11 is 0. The highest BCUT2D eigenvalue weighted by molar-refractivity contribution is 5.94. The van der Waals surface area contributed by atoms with Crippen molar-refractivity contribution in [2.75, 3.05) is 32.8 Å². The number of aliphatic hydroxyl groups excluding tert-OH is 1. The lowest BCUT2D eigenvalue weighted by molar-refractivity contribution is 0.0617. The van der Waals surface area contributed by atoms with Crippen LogP contribution < -0.4 is 4.74 Å². The van der Waals surface area contributed by atoms with E-state index >= 15 is 0 Å². The van der Waals surface area contributed by atoms with Gasteiger partial charge in [0.1, 0.15) is 11.9 Å². The number of ether oxygens (including phenoxy) is 1. The molecule has 5 heteroatoms. The summed E-state index contributed by atoms with van der Waals surface area (Å²) in [7, 11) is 0. The molecule has 0 spiro atoms. The van der Waals surface area contributed by atoms with Crippen molar-refractivity contribution in [2.45, 2.75) is 63.5 Å². The van der Waals surface area contributed by atoms with E-state index in [1.165, 1.54) is 25.7 Å². The summed E-state index contributed by atoms with van der Waals surface area (Å²) in [5.41, 5.74) is 0.694. The molecule has 4 rings (SSSR count). The highest BCUT2D eigenvalue weighted by atomic mass is 16.5. The quantitative estimate of drug-likeness (QED) is 0.843. The number of benzene rings is 1. The van der Waals surface area contributed by atoms with E-state index in [0.29, 0.717) is 12.1 Å². The number of hydrogen-bond acceptors (Lipinski definition) is 4. The molecule has 2 heterocycles. The number of carbonyl (C=O) groups excluding carboxylic acids is 1. The van der Waals surface area contributed by atoms with Crippen molar-refractivity contribution in [3.63, 3.8) is 0 Å². The summed E-state index contributed by atoms with van der Waals surface area (Å²) in [6.07, 6.45) is 9.85. The molecule has 1 amide bonds. The van der Waals surface area contributed by atoms with Crippen LogP contribution in [-0.2, 0) is 0 Å². The number of likely N-dealkylation sites (tertiary alicyclic amines) is 2. The topological polar surface area (TPSA) is 53.0 Å². The highest BCUT2D eigenvalue weighted by Gasteiger charge is 2.28. The molecule has 28 heavy (non-hydrogen) atoms. The summed E-state index contributed by atoms with van der Waals surface area (Å²) in [5, 5.41) is 9.41. The lowest BCUT2D eigenvalue weighted by Crippen LogP contribution is -2.43. The van der Waals surface area contributed by atoms with E-state index in [2.05, 4.69) is 4.90 Å². The van der Waals surface area contributed by atoms with Crippen molar-refractivity contribution in [1.82, 2.24) is 9.80 Å². The second-order valence-electron chi connectivity index (χ2n) is 8.76. The maximum absolute atomic E-state index is 12.9. The minimum atomic E-state index is 0.0552.